The molecule has 0 radical (unpaired) electrons. The van der Waals surface area contributed by atoms with E-state index < -0.39 is 0 Å². The minimum absolute atomic E-state index is 0.211. The fourth-order valence-electron chi connectivity index (χ4n) is 2.70. The van der Waals surface area contributed by atoms with Crippen LogP contribution < -0.4 is 4.90 Å². The van der Waals surface area contributed by atoms with Crippen LogP contribution in [0.15, 0.2) is 36.5 Å². The van der Waals surface area contributed by atoms with Gasteiger partial charge in [-0.05, 0) is 19.1 Å². The quantitative estimate of drug-likeness (QED) is 0.850. The number of carbonyl (C=O) groups is 1. The van der Waals surface area contributed by atoms with Crippen LogP contribution in [0, 0.1) is 0 Å². The molecule has 0 saturated carbocycles. The Morgan fingerprint density at radius 1 is 1.19 bits per heavy atom. The lowest BCUT2D eigenvalue weighted by molar-refractivity contribution is 0.105. The number of anilines is 1. The van der Waals surface area contributed by atoms with Crippen molar-refractivity contribution in [3.8, 4) is 0 Å². The van der Waals surface area contributed by atoms with E-state index in [0.29, 0.717) is 19.7 Å². The molecule has 5 heteroatoms. The van der Waals surface area contributed by atoms with Crippen LogP contribution in [0.5, 0.6) is 0 Å². The number of hydrogen-bond acceptors (Lipinski definition) is 4. The van der Waals surface area contributed by atoms with Crippen LogP contribution in [-0.4, -0.2) is 48.8 Å². The van der Waals surface area contributed by atoms with E-state index >= 15 is 0 Å². The van der Waals surface area contributed by atoms with E-state index in [1.165, 1.54) is 5.69 Å². The van der Waals surface area contributed by atoms with Crippen molar-refractivity contribution in [1.29, 1.82) is 0 Å². The smallest absolute Gasteiger partial charge is 0.409 e. The number of carbonyl (C=O) groups excluding carboxylic acids is 1. The van der Waals surface area contributed by atoms with Crippen molar-refractivity contribution in [1.82, 2.24) is 9.88 Å². The summed E-state index contributed by atoms with van der Waals surface area (Å²) in [5.74, 6) is 0. The summed E-state index contributed by atoms with van der Waals surface area (Å²) in [7, 11) is 0. The zero-order valence-electron chi connectivity index (χ0n) is 12.2. The number of hydrogen-bond donors (Lipinski definition) is 0. The van der Waals surface area contributed by atoms with Crippen molar-refractivity contribution in [2.45, 2.75) is 6.92 Å². The van der Waals surface area contributed by atoms with Crippen LogP contribution in [-0.2, 0) is 4.74 Å². The molecule has 0 N–H and O–H groups in total. The highest BCUT2D eigenvalue weighted by Crippen LogP contribution is 2.25. The van der Waals surface area contributed by atoms with Gasteiger partial charge in [-0.1, -0.05) is 18.2 Å². The van der Waals surface area contributed by atoms with Crippen molar-refractivity contribution in [3.05, 3.63) is 36.5 Å². The van der Waals surface area contributed by atoms with Crippen molar-refractivity contribution in [2.24, 2.45) is 0 Å². The van der Waals surface area contributed by atoms with Gasteiger partial charge < -0.3 is 14.5 Å². The van der Waals surface area contributed by atoms with E-state index in [1.54, 1.807) is 4.90 Å². The summed E-state index contributed by atoms with van der Waals surface area (Å²) in [6.07, 6.45) is 1.63. The molecule has 2 aromatic rings. The molecule has 5 nitrogen and oxygen atoms in total. The Labute approximate surface area is 124 Å². The average molecular weight is 285 g/mol. The molecule has 0 aliphatic carbocycles. The third kappa shape index (κ3) is 2.77. The number of benzene rings is 1. The molecule has 1 aromatic heterocycles. The van der Waals surface area contributed by atoms with E-state index in [0.717, 1.165) is 24.0 Å². The Morgan fingerprint density at radius 3 is 2.71 bits per heavy atom. The molecule has 1 fully saturated rings. The Bertz CT molecular complexity index is 631. The number of ether oxygens (including phenoxy) is 1. The number of fused-ring (bicyclic) bond motifs is 1. The molecule has 2 heterocycles. The van der Waals surface area contributed by atoms with Gasteiger partial charge in [-0.2, -0.15) is 0 Å². The summed E-state index contributed by atoms with van der Waals surface area (Å²) in [6, 6.07) is 10.2. The number of pyridine rings is 1. The summed E-state index contributed by atoms with van der Waals surface area (Å²) in [6.45, 7) is 5.26. The zero-order chi connectivity index (χ0) is 14.7. The Morgan fingerprint density at radius 2 is 1.95 bits per heavy atom. The van der Waals surface area contributed by atoms with Gasteiger partial charge in [-0.25, -0.2) is 4.79 Å². The predicted octanol–water partition coefficient (Wildman–Crippen LogP) is 2.51. The Hall–Kier alpha value is -2.30. The molecule has 0 atom stereocenters. The molecule has 1 saturated heterocycles. The van der Waals surface area contributed by atoms with Crippen molar-refractivity contribution < 1.29 is 9.53 Å². The van der Waals surface area contributed by atoms with Gasteiger partial charge in [0.25, 0.3) is 0 Å². The topological polar surface area (TPSA) is 45.7 Å². The molecule has 3 rings (SSSR count). The highest BCUT2D eigenvalue weighted by Gasteiger charge is 2.22. The summed E-state index contributed by atoms with van der Waals surface area (Å²) in [5.41, 5.74) is 2.19. The molecule has 1 amide bonds. The first-order valence-electron chi connectivity index (χ1n) is 7.30. The molecule has 0 spiro atoms. The highest BCUT2D eigenvalue weighted by molar-refractivity contribution is 5.91. The van der Waals surface area contributed by atoms with E-state index in [9.17, 15) is 4.79 Å². The van der Waals surface area contributed by atoms with Crippen LogP contribution >= 0.6 is 0 Å². The van der Waals surface area contributed by atoms with E-state index in [2.05, 4.69) is 16.0 Å². The highest BCUT2D eigenvalue weighted by atomic mass is 16.6. The maximum atomic E-state index is 11.7. The fraction of sp³-hybridized carbons (Fsp3) is 0.375. The molecular weight excluding hydrogens is 266 g/mol. The van der Waals surface area contributed by atoms with Gasteiger partial charge in [0.05, 0.1) is 12.1 Å². The van der Waals surface area contributed by atoms with Crippen LogP contribution in [0.3, 0.4) is 0 Å². The van der Waals surface area contributed by atoms with Gasteiger partial charge >= 0.3 is 6.09 Å². The van der Waals surface area contributed by atoms with Crippen molar-refractivity contribution in [3.63, 3.8) is 0 Å². The number of rotatable bonds is 2. The summed E-state index contributed by atoms with van der Waals surface area (Å²) in [4.78, 5) is 20.2. The van der Waals surface area contributed by atoms with Gasteiger partial charge in [-0.3, -0.25) is 4.98 Å². The number of para-hydroxylation sites is 1. The van der Waals surface area contributed by atoms with E-state index in [1.807, 2.05) is 37.4 Å². The Kier molecular flexibility index (Phi) is 3.90. The van der Waals surface area contributed by atoms with Crippen molar-refractivity contribution >= 4 is 22.7 Å². The predicted molar refractivity (Wildman–Crippen MR) is 82.6 cm³/mol. The molecule has 0 bridgehead atoms. The minimum atomic E-state index is -0.211. The largest absolute Gasteiger partial charge is 0.450 e. The standard InChI is InChI=1S/C16H19N3O2/c1-2-21-16(20)19-11-9-18(10-12-19)15-7-8-17-14-6-4-3-5-13(14)15/h3-8H,2,9-12H2,1H3. The average Bonchev–Trinajstić information content (AvgIpc) is 2.55. The number of piperazine rings is 1. The minimum Gasteiger partial charge on any atom is -0.450 e. The molecule has 0 unspecified atom stereocenters. The zero-order valence-corrected chi connectivity index (χ0v) is 12.2. The van der Waals surface area contributed by atoms with E-state index in [-0.39, 0.29) is 6.09 Å². The first kappa shape index (κ1) is 13.7. The third-order valence-electron chi connectivity index (χ3n) is 3.77. The van der Waals surface area contributed by atoms with Gasteiger partial charge in [0.15, 0.2) is 0 Å². The van der Waals surface area contributed by atoms with Gasteiger partial charge in [-0.15, -0.1) is 0 Å². The summed E-state index contributed by atoms with van der Waals surface area (Å²) in [5, 5.41) is 1.16. The van der Waals surface area contributed by atoms with Gasteiger partial charge in [0, 0.05) is 43.4 Å². The lowest BCUT2D eigenvalue weighted by atomic mass is 10.1. The molecule has 110 valence electrons. The lowest BCUT2D eigenvalue weighted by Crippen LogP contribution is -2.49. The first-order valence-corrected chi connectivity index (χ1v) is 7.30. The second-order valence-electron chi connectivity index (χ2n) is 5.02. The van der Waals surface area contributed by atoms with Gasteiger partial charge in [0.1, 0.15) is 0 Å². The van der Waals surface area contributed by atoms with Crippen molar-refractivity contribution in [2.75, 3.05) is 37.7 Å². The third-order valence-corrected chi connectivity index (χ3v) is 3.77. The van der Waals surface area contributed by atoms with E-state index in [4.69, 9.17) is 4.74 Å². The normalized spacial score (nSPS) is 15.3. The fourth-order valence-corrected chi connectivity index (χ4v) is 2.70. The van der Waals surface area contributed by atoms with Crippen LogP contribution in [0.25, 0.3) is 10.9 Å². The second-order valence-corrected chi connectivity index (χ2v) is 5.02. The van der Waals surface area contributed by atoms with Crippen LogP contribution in [0.2, 0.25) is 0 Å². The number of nitrogens with zero attached hydrogens (tertiary/aromatic N) is 3. The molecule has 1 aromatic carbocycles. The SMILES string of the molecule is CCOC(=O)N1CCN(c2ccnc3ccccc23)CC1. The lowest BCUT2D eigenvalue weighted by Gasteiger charge is -2.35. The molecule has 1 aliphatic rings. The van der Waals surface area contributed by atoms with Crippen LogP contribution in [0.4, 0.5) is 10.5 Å². The maximum Gasteiger partial charge on any atom is 0.409 e. The second kappa shape index (κ2) is 5.99. The summed E-state index contributed by atoms with van der Waals surface area (Å²) >= 11 is 0. The van der Waals surface area contributed by atoms with Gasteiger partial charge in [0.2, 0.25) is 0 Å². The van der Waals surface area contributed by atoms with Crippen LogP contribution in [0.1, 0.15) is 6.92 Å². The first-order chi connectivity index (χ1) is 10.3. The number of amides is 1. The molecular formula is C16H19N3O2. The monoisotopic (exact) mass is 285 g/mol. The number of aromatic nitrogens is 1. The Balaban J connectivity index is 1.76. The maximum absolute atomic E-state index is 11.7. The molecule has 21 heavy (non-hydrogen) atoms. The summed E-state index contributed by atoms with van der Waals surface area (Å²) < 4.78 is 5.05. The molecule has 1 aliphatic heterocycles.